The van der Waals surface area contributed by atoms with Crippen molar-refractivity contribution in [3.05, 3.63) is 23.9 Å². The van der Waals surface area contributed by atoms with E-state index >= 15 is 0 Å². The van der Waals surface area contributed by atoms with Crippen LogP contribution in [0.1, 0.15) is 26.3 Å². The Hall–Kier alpha value is -2.25. The molecule has 5 nitrogen and oxygen atoms in total. The normalized spacial score (nSPS) is 18.2. The van der Waals surface area contributed by atoms with Crippen LogP contribution in [0.3, 0.4) is 0 Å². The molecule has 1 aliphatic heterocycles. The van der Waals surface area contributed by atoms with Crippen molar-refractivity contribution in [2.75, 3.05) is 24.5 Å². The van der Waals surface area contributed by atoms with E-state index in [0.717, 1.165) is 12.1 Å². The van der Waals surface area contributed by atoms with Crippen LogP contribution < -0.4 is 4.90 Å². The van der Waals surface area contributed by atoms with Gasteiger partial charge in [0.05, 0.1) is 22.8 Å². The summed E-state index contributed by atoms with van der Waals surface area (Å²) in [7, 11) is 0. The number of nitrogens with one attached hydrogen (secondary N) is 1. The zero-order valence-corrected chi connectivity index (χ0v) is 13.7. The van der Waals surface area contributed by atoms with Gasteiger partial charge < -0.3 is 9.80 Å². The number of H-pyrrole nitrogens is 1. The standard InChI is InChI=1S/C16H19F3N4O/c1-10(24)23-5-4-22(9-15(23,2)3)14-7-11(16(17,18)19)6-13-12(14)8-20-21-13/h6-8H,4-5,9H2,1-3H3,(H,20,21). The van der Waals surface area contributed by atoms with Crippen molar-refractivity contribution >= 4 is 22.5 Å². The minimum absolute atomic E-state index is 0.0304. The number of fused-ring (bicyclic) bond motifs is 1. The molecule has 0 unspecified atom stereocenters. The van der Waals surface area contributed by atoms with Crippen LogP contribution in [0.5, 0.6) is 0 Å². The summed E-state index contributed by atoms with van der Waals surface area (Å²) in [5.41, 5.74) is -0.327. The highest BCUT2D eigenvalue weighted by atomic mass is 19.4. The maximum absolute atomic E-state index is 13.2. The highest BCUT2D eigenvalue weighted by molar-refractivity contribution is 5.92. The predicted molar refractivity (Wildman–Crippen MR) is 84.8 cm³/mol. The van der Waals surface area contributed by atoms with E-state index in [1.165, 1.54) is 13.1 Å². The lowest BCUT2D eigenvalue weighted by Gasteiger charge is -2.47. The molecule has 130 valence electrons. The molecule has 1 fully saturated rings. The third-order valence-corrected chi connectivity index (χ3v) is 4.49. The zero-order chi connectivity index (χ0) is 17.7. The number of halogens is 3. The van der Waals surface area contributed by atoms with Crippen LogP contribution in [0, 0.1) is 0 Å². The first-order valence-electron chi connectivity index (χ1n) is 7.67. The van der Waals surface area contributed by atoms with Crippen molar-refractivity contribution in [3.63, 3.8) is 0 Å². The molecular formula is C16H19F3N4O. The van der Waals surface area contributed by atoms with Crippen LogP contribution in [0.2, 0.25) is 0 Å². The molecule has 0 bridgehead atoms. The van der Waals surface area contributed by atoms with E-state index in [4.69, 9.17) is 0 Å². The zero-order valence-electron chi connectivity index (χ0n) is 13.7. The first-order chi connectivity index (χ1) is 11.1. The lowest BCUT2D eigenvalue weighted by atomic mass is 9.97. The average Bonchev–Trinajstić information content (AvgIpc) is 2.91. The molecule has 0 radical (unpaired) electrons. The summed E-state index contributed by atoms with van der Waals surface area (Å²) in [6.07, 6.45) is -2.89. The van der Waals surface area contributed by atoms with Crippen molar-refractivity contribution in [1.29, 1.82) is 0 Å². The molecule has 0 atom stereocenters. The number of alkyl halides is 3. The van der Waals surface area contributed by atoms with E-state index in [1.54, 1.807) is 4.90 Å². The van der Waals surface area contributed by atoms with E-state index in [-0.39, 0.29) is 5.91 Å². The summed E-state index contributed by atoms with van der Waals surface area (Å²) in [4.78, 5) is 15.4. The summed E-state index contributed by atoms with van der Waals surface area (Å²) in [6.45, 7) is 6.74. The van der Waals surface area contributed by atoms with Gasteiger partial charge >= 0.3 is 6.18 Å². The van der Waals surface area contributed by atoms with Crippen LogP contribution in [0.4, 0.5) is 18.9 Å². The van der Waals surface area contributed by atoms with Crippen LogP contribution >= 0.6 is 0 Å². The van der Waals surface area contributed by atoms with Gasteiger partial charge in [-0.15, -0.1) is 0 Å². The van der Waals surface area contributed by atoms with Crippen molar-refractivity contribution in [1.82, 2.24) is 15.1 Å². The van der Waals surface area contributed by atoms with Gasteiger partial charge in [-0.05, 0) is 26.0 Å². The summed E-state index contributed by atoms with van der Waals surface area (Å²) in [5, 5.41) is 7.14. The van der Waals surface area contributed by atoms with Gasteiger partial charge in [0.15, 0.2) is 0 Å². The molecule has 2 heterocycles. The van der Waals surface area contributed by atoms with Crippen LogP contribution in [0.15, 0.2) is 18.3 Å². The topological polar surface area (TPSA) is 52.2 Å². The molecule has 0 spiro atoms. The monoisotopic (exact) mass is 340 g/mol. The molecule has 3 rings (SSSR count). The van der Waals surface area contributed by atoms with E-state index in [1.807, 2.05) is 18.7 Å². The highest BCUT2D eigenvalue weighted by Crippen LogP contribution is 2.37. The van der Waals surface area contributed by atoms with Crippen LogP contribution in [0.25, 0.3) is 10.9 Å². The summed E-state index contributed by atoms with van der Waals surface area (Å²) in [6, 6.07) is 2.24. The minimum atomic E-state index is -4.43. The molecule has 1 aromatic heterocycles. The van der Waals surface area contributed by atoms with Gasteiger partial charge in [0.2, 0.25) is 5.91 Å². The van der Waals surface area contributed by atoms with E-state index in [9.17, 15) is 18.0 Å². The number of aromatic nitrogens is 2. The molecule has 2 aromatic rings. The third kappa shape index (κ3) is 2.81. The quantitative estimate of drug-likeness (QED) is 0.868. The maximum atomic E-state index is 13.2. The van der Waals surface area contributed by atoms with Gasteiger partial charge in [0.25, 0.3) is 0 Å². The molecule has 0 aliphatic carbocycles. The van der Waals surface area contributed by atoms with Gasteiger partial charge in [0, 0.05) is 37.6 Å². The molecule has 1 aromatic carbocycles. The van der Waals surface area contributed by atoms with Crippen molar-refractivity contribution < 1.29 is 18.0 Å². The molecule has 1 N–H and O–H groups in total. The summed E-state index contributed by atoms with van der Waals surface area (Å²) in [5.74, 6) is -0.0304. The Balaban J connectivity index is 2.03. The summed E-state index contributed by atoms with van der Waals surface area (Å²) >= 11 is 0. The molecule has 0 saturated carbocycles. The van der Waals surface area contributed by atoms with Crippen molar-refractivity contribution in [2.45, 2.75) is 32.5 Å². The number of nitrogens with zero attached hydrogens (tertiary/aromatic N) is 3. The fourth-order valence-electron chi connectivity index (χ4n) is 3.40. The second-order valence-electron chi connectivity index (χ2n) is 6.73. The SMILES string of the molecule is CC(=O)N1CCN(c2cc(C(F)(F)F)cc3[nH]ncc23)CC1(C)C. The Morgan fingerprint density at radius 2 is 2.00 bits per heavy atom. The van der Waals surface area contributed by atoms with E-state index in [2.05, 4.69) is 10.2 Å². The Labute approximate surface area is 137 Å². The van der Waals surface area contributed by atoms with Gasteiger partial charge in [-0.25, -0.2) is 0 Å². The lowest BCUT2D eigenvalue weighted by molar-refractivity contribution is -0.137. The highest BCUT2D eigenvalue weighted by Gasteiger charge is 2.37. The number of anilines is 1. The van der Waals surface area contributed by atoms with E-state index < -0.39 is 17.3 Å². The number of amides is 1. The Bertz CT molecular complexity index is 781. The third-order valence-electron chi connectivity index (χ3n) is 4.49. The first-order valence-corrected chi connectivity index (χ1v) is 7.67. The first kappa shape index (κ1) is 16.6. The smallest absolute Gasteiger partial charge is 0.367 e. The number of carbonyl (C=O) groups excluding carboxylic acids is 1. The fraction of sp³-hybridized carbons (Fsp3) is 0.500. The summed E-state index contributed by atoms with van der Waals surface area (Å²) < 4.78 is 39.6. The van der Waals surface area contributed by atoms with Gasteiger partial charge in [-0.1, -0.05) is 0 Å². The number of piperazine rings is 1. The van der Waals surface area contributed by atoms with Gasteiger partial charge in [0.1, 0.15) is 0 Å². The molecule has 1 saturated heterocycles. The number of hydrogen-bond acceptors (Lipinski definition) is 3. The molecule has 24 heavy (non-hydrogen) atoms. The van der Waals surface area contributed by atoms with Gasteiger partial charge in [-0.2, -0.15) is 18.3 Å². The Morgan fingerprint density at radius 3 is 2.58 bits per heavy atom. The second-order valence-corrected chi connectivity index (χ2v) is 6.73. The van der Waals surface area contributed by atoms with Crippen molar-refractivity contribution in [3.8, 4) is 0 Å². The van der Waals surface area contributed by atoms with Crippen molar-refractivity contribution in [2.24, 2.45) is 0 Å². The fourth-order valence-corrected chi connectivity index (χ4v) is 3.40. The molecular weight excluding hydrogens is 321 g/mol. The molecule has 8 heteroatoms. The average molecular weight is 340 g/mol. The van der Waals surface area contributed by atoms with E-state index in [0.29, 0.717) is 36.2 Å². The Kier molecular flexibility index (Phi) is 3.73. The maximum Gasteiger partial charge on any atom is 0.416 e. The van der Waals surface area contributed by atoms with Gasteiger partial charge in [-0.3, -0.25) is 9.89 Å². The lowest BCUT2D eigenvalue weighted by Crippen LogP contribution is -2.60. The Morgan fingerprint density at radius 1 is 1.29 bits per heavy atom. The predicted octanol–water partition coefficient (Wildman–Crippen LogP) is 3.03. The number of carbonyl (C=O) groups is 1. The molecule has 1 amide bonds. The largest absolute Gasteiger partial charge is 0.416 e. The molecule has 1 aliphatic rings. The number of rotatable bonds is 1. The minimum Gasteiger partial charge on any atom is -0.367 e. The second kappa shape index (κ2) is 5.39. The number of benzene rings is 1. The van der Waals surface area contributed by atoms with Crippen LogP contribution in [-0.2, 0) is 11.0 Å². The number of aromatic amines is 1. The van der Waals surface area contributed by atoms with Crippen LogP contribution in [-0.4, -0.2) is 46.2 Å². The number of hydrogen-bond donors (Lipinski definition) is 1.